The van der Waals surface area contributed by atoms with E-state index in [1.807, 2.05) is 35.8 Å². The minimum atomic E-state index is 0. The zero-order valence-corrected chi connectivity index (χ0v) is 13.7. The lowest BCUT2D eigenvalue weighted by molar-refractivity contribution is -0.121. The van der Waals surface area contributed by atoms with Crippen LogP contribution in [0, 0.1) is 0 Å². The first kappa shape index (κ1) is 19.7. The van der Waals surface area contributed by atoms with Gasteiger partial charge in [0.15, 0.2) is 0 Å². The van der Waals surface area contributed by atoms with Crippen LogP contribution in [0.1, 0.15) is 13.3 Å². The van der Waals surface area contributed by atoms with Gasteiger partial charge in [-0.3, -0.25) is 4.79 Å². The summed E-state index contributed by atoms with van der Waals surface area (Å²) < 4.78 is 2.01. The molecule has 7 heteroatoms. The molecule has 0 bridgehead atoms. The zero-order valence-electron chi connectivity index (χ0n) is 12.0. The van der Waals surface area contributed by atoms with Crippen LogP contribution in [0.5, 0.6) is 0 Å². The molecule has 0 aliphatic heterocycles. The lowest BCUT2D eigenvalue weighted by Crippen LogP contribution is -2.32. The van der Waals surface area contributed by atoms with E-state index in [-0.39, 0.29) is 30.7 Å². The maximum Gasteiger partial charge on any atom is 0.221 e. The van der Waals surface area contributed by atoms with Crippen LogP contribution >= 0.6 is 24.8 Å². The largest absolute Gasteiger partial charge is 0.355 e. The van der Waals surface area contributed by atoms with Crippen molar-refractivity contribution in [2.45, 2.75) is 19.9 Å². The van der Waals surface area contributed by atoms with Crippen molar-refractivity contribution in [3.63, 3.8) is 0 Å². The molecule has 2 rings (SSSR count). The van der Waals surface area contributed by atoms with E-state index in [0.717, 1.165) is 24.1 Å². The fraction of sp³-hybridized carbons (Fsp3) is 0.429. The van der Waals surface area contributed by atoms with Gasteiger partial charge in [0.1, 0.15) is 0 Å². The van der Waals surface area contributed by atoms with Crippen molar-refractivity contribution in [2.24, 2.45) is 0 Å². The van der Waals surface area contributed by atoms with Gasteiger partial charge < -0.3 is 15.2 Å². The maximum atomic E-state index is 11.7. The van der Waals surface area contributed by atoms with Crippen LogP contribution in [-0.4, -0.2) is 35.1 Å². The molecule has 0 aliphatic carbocycles. The van der Waals surface area contributed by atoms with Gasteiger partial charge in [-0.25, -0.2) is 4.98 Å². The number of imidazole rings is 1. The number of fused-ring (bicyclic) bond motifs is 1. The average molecular weight is 333 g/mol. The minimum absolute atomic E-state index is 0. The number of aryl methyl sites for hydroxylation is 1. The molecular weight excluding hydrogens is 311 g/mol. The fourth-order valence-corrected chi connectivity index (χ4v) is 1.97. The molecular formula is C14H22Cl2N4O. The second-order valence-corrected chi connectivity index (χ2v) is 4.38. The Bertz CT molecular complexity index is 545. The molecule has 0 spiro atoms. The molecule has 0 radical (unpaired) electrons. The number of benzene rings is 1. The van der Waals surface area contributed by atoms with Gasteiger partial charge in [-0.2, -0.15) is 0 Å². The summed E-state index contributed by atoms with van der Waals surface area (Å²) in [6.45, 7) is 5.13. The Morgan fingerprint density at radius 2 is 2.00 bits per heavy atom. The normalized spacial score (nSPS) is 9.76. The van der Waals surface area contributed by atoms with E-state index in [1.165, 1.54) is 0 Å². The number of aromatic nitrogens is 2. The molecule has 21 heavy (non-hydrogen) atoms. The van der Waals surface area contributed by atoms with Crippen molar-refractivity contribution in [1.82, 2.24) is 20.2 Å². The summed E-state index contributed by atoms with van der Waals surface area (Å²) in [6, 6.07) is 7.94. The predicted molar refractivity (Wildman–Crippen MR) is 90.4 cm³/mol. The average Bonchev–Trinajstić information content (AvgIpc) is 2.85. The predicted octanol–water partition coefficient (Wildman–Crippen LogP) is 2.00. The molecule has 1 aromatic carbocycles. The van der Waals surface area contributed by atoms with Gasteiger partial charge in [-0.05, 0) is 18.7 Å². The number of hydrogen-bond acceptors (Lipinski definition) is 3. The van der Waals surface area contributed by atoms with Crippen LogP contribution in [0.2, 0.25) is 0 Å². The van der Waals surface area contributed by atoms with Crippen molar-refractivity contribution in [1.29, 1.82) is 0 Å². The van der Waals surface area contributed by atoms with Crippen molar-refractivity contribution >= 4 is 41.8 Å². The van der Waals surface area contributed by atoms with Gasteiger partial charge in [0.25, 0.3) is 0 Å². The molecule has 0 atom stereocenters. The standard InChI is InChI=1S/C14H20N4O.2ClH/c1-2-15-8-9-16-14(19)7-10-18-11-17-12-5-3-4-6-13(12)18;;/h3-6,11,15H,2,7-10H2,1H3,(H,16,19);2*1H. The summed E-state index contributed by atoms with van der Waals surface area (Å²) in [5.41, 5.74) is 2.04. The molecule has 5 nitrogen and oxygen atoms in total. The van der Waals surface area contributed by atoms with E-state index >= 15 is 0 Å². The number of hydrogen-bond donors (Lipinski definition) is 2. The number of nitrogens with zero attached hydrogens (tertiary/aromatic N) is 2. The highest BCUT2D eigenvalue weighted by molar-refractivity contribution is 5.85. The Kier molecular flexibility index (Phi) is 9.78. The minimum Gasteiger partial charge on any atom is -0.355 e. The van der Waals surface area contributed by atoms with E-state index < -0.39 is 0 Å². The van der Waals surface area contributed by atoms with Gasteiger partial charge in [-0.1, -0.05) is 19.1 Å². The molecule has 1 heterocycles. The maximum absolute atomic E-state index is 11.7. The quantitative estimate of drug-likeness (QED) is 0.762. The van der Waals surface area contributed by atoms with Crippen LogP contribution in [0.15, 0.2) is 30.6 Å². The molecule has 0 saturated heterocycles. The second kappa shape index (κ2) is 10.4. The highest BCUT2D eigenvalue weighted by Gasteiger charge is 2.04. The third kappa shape index (κ3) is 5.91. The third-order valence-corrected chi connectivity index (χ3v) is 2.98. The molecule has 0 unspecified atom stereocenters. The van der Waals surface area contributed by atoms with Crippen molar-refractivity contribution in [3.8, 4) is 0 Å². The molecule has 118 valence electrons. The van der Waals surface area contributed by atoms with E-state index in [9.17, 15) is 4.79 Å². The first-order valence-corrected chi connectivity index (χ1v) is 6.68. The third-order valence-electron chi connectivity index (χ3n) is 2.98. The highest BCUT2D eigenvalue weighted by Crippen LogP contribution is 2.11. The van der Waals surface area contributed by atoms with Crippen LogP contribution in [0.25, 0.3) is 11.0 Å². The number of nitrogens with one attached hydrogen (secondary N) is 2. The van der Waals surface area contributed by atoms with Crippen LogP contribution < -0.4 is 10.6 Å². The highest BCUT2D eigenvalue weighted by atomic mass is 35.5. The summed E-state index contributed by atoms with van der Waals surface area (Å²) >= 11 is 0. The van der Waals surface area contributed by atoms with E-state index in [0.29, 0.717) is 19.5 Å². The summed E-state index contributed by atoms with van der Waals surface area (Å²) in [6.07, 6.45) is 2.27. The Morgan fingerprint density at radius 3 is 2.76 bits per heavy atom. The van der Waals surface area contributed by atoms with Gasteiger partial charge in [0.2, 0.25) is 5.91 Å². The zero-order chi connectivity index (χ0) is 13.5. The number of rotatable bonds is 7. The van der Waals surface area contributed by atoms with Crippen molar-refractivity contribution in [2.75, 3.05) is 19.6 Å². The Hall–Kier alpha value is -1.30. The molecule has 0 fully saturated rings. The van der Waals surface area contributed by atoms with E-state index in [2.05, 4.69) is 15.6 Å². The van der Waals surface area contributed by atoms with Crippen LogP contribution in [0.3, 0.4) is 0 Å². The molecule has 2 aromatic rings. The topological polar surface area (TPSA) is 58.9 Å². The van der Waals surface area contributed by atoms with E-state index in [4.69, 9.17) is 0 Å². The summed E-state index contributed by atoms with van der Waals surface area (Å²) in [5, 5.41) is 6.06. The SMILES string of the molecule is CCNCCNC(=O)CCn1cnc2ccccc21.Cl.Cl. The second-order valence-electron chi connectivity index (χ2n) is 4.38. The van der Waals surface area contributed by atoms with Gasteiger partial charge >= 0.3 is 0 Å². The fourth-order valence-electron chi connectivity index (χ4n) is 1.97. The van der Waals surface area contributed by atoms with Crippen LogP contribution in [-0.2, 0) is 11.3 Å². The Labute approximate surface area is 137 Å². The van der Waals surface area contributed by atoms with Crippen molar-refractivity contribution in [3.05, 3.63) is 30.6 Å². The Morgan fingerprint density at radius 1 is 1.24 bits per heavy atom. The van der Waals surface area contributed by atoms with Gasteiger partial charge in [0, 0.05) is 26.1 Å². The lowest BCUT2D eigenvalue weighted by atomic mass is 10.3. The Balaban J connectivity index is 0.00000200. The summed E-state index contributed by atoms with van der Waals surface area (Å²) in [5.74, 6) is 0.0793. The lowest BCUT2D eigenvalue weighted by Gasteiger charge is -2.06. The summed E-state index contributed by atoms with van der Waals surface area (Å²) in [7, 11) is 0. The summed E-state index contributed by atoms with van der Waals surface area (Å²) in [4.78, 5) is 16.0. The van der Waals surface area contributed by atoms with Gasteiger partial charge in [0.05, 0.1) is 17.4 Å². The van der Waals surface area contributed by atoms with E-state index in [1.54, 1.807) is 6.33 Å². The number of likely N-dealkylation sites (N-methyl/N-ethyl adjacent to an activating group) is 1. The first-order valence-electron chi connectivity index (χ1n) is 6.68. The number of halogens is 2. The van der Waals surface area contributed by atoms with Crippen molar-refractivity contribution < 1.29 is 4.79 Å². The number of amides is 1. The number of para-hydroxylation sites is 2. The van der Waals surface area contributed by atoms with Crippen LogP contribution in [0.4, 0.5) is 0 Å². The molecule has 0 aliphatic rings. The first-order chi connectivity index (χ1) is 9.31. The molecule has 1 aromatic heterocycles. The smallest absolute Gasteiger partial charge is 0.221 e. The monoisotopic (exact) mass is 332 g/mol. The van der Waals surface area contributed by atoms with Gasteiger partial charge in [-0.15, -0.1) is 24.8 Å². The molecule has 2 N–H and O–H groups in total. The molecule has 1 amide bonds. The number of carbonyl (C=O) groups excluding carboxylic acids is 1. The molecule has 0 saturated carbocycles. The number of carbonyl (C=O) groups is 1.